The number of ether oxygens (including phenoxy) is 1. The van der Waals surface area contributed by atoms with Crippen LogP contribution in [0.5, 0.6) is 0 Å². The maximum absolute atomic E-state index is 6.20. The van der Waals surface area contributed by atoms with E-state index in [1.807, 2.05) is 41.4 Å². The molecule has 0 amide bonds. The van der Waals surface area contributed by atoms with Crippen LogP contribution in [0.4, 0.5) is 0 Å². The molecule has 1 aliphatic rings. The second-order valence-electron chi connectivity index (χ2n) is 6.61. The molecule has 1 aliphatic heterocycles. The van der Waals surface area contributed by atoms with E-state index in [0.29, 0.717) is 18.2 Å². The molecular formula is C19H18ClN5OS. The van der Waals surface area contributed by atoms with Crippen molar-refractivity contribution in [2.45, 2.75) is 24.0 Å². The Hall–Kier alpha value is -2.09. The quantitative estimate of drug-likeness (QED) is 0.482. The molecule has 138 valence electrons. The van der Waals surface area contributed by atoms with Gasteiger partial charge in [-0.25, -0.2) is 4.98 Å². The SMILES string of the molecule is CSc1nn(Cc2nc3cc(Cl)ccc3n2C2CCOC2)c2cnccc12. The van der Waals surface area contributed by atoms with E-state index in [0.717, 1.165) is 45.8 Å². The van der Waals surface area contributed by atoms with Crippen LogP contribution in [0.3, 0.4) is 0 Å². The Morgan fingerprint density at radius 1 is 1.30 bits per heavy atom. The molecule has 27 heavy (non-hydrogen) atoms. The highest BCUT2D eigenvalue weighted by atomic mass is 35.5. The summed E-state index contributed by atoms with van der Waals surface area (Å²) < 4.78 is 9.92. The van der Waals surface area contributed by atoms with Gasteiger partial charge in [-0.05, 0) is 36.9 Å². The van der Waals surface area contributed by atoms with Gasteiger partial charge in [0.05, 0.1) is 41.9 Å². The molecule has 3 aromatic heterocycles. The summed E-state index contributed by atoms with van der Waals surface area (Å²) in [5.74, 6) is 0.962. The molecule has 4 heterocycles. The normalized spacial score (nSPS) is 17.3. The van der Waals surface area contributed by atoms with Gasteiger partial charge in [0.25, 0.3) is 0 Å². The van der Waals surface area contributed by atoms with Crippen LogP contribution in [0, 0.1) is 0 Å². The zero-order valence-electron chi connectivity index (χ0n) is 14.8. The van der Waals surface area contributed by atoms with Crippen LogP contribution < -0.4 is 0 Å². The fraction of sp³-hybridized carbons (Fsp3) is 0.316. The molecule has 1 saturated heterocycles. The summed E-state index contributed by atoms with van der Waals surface area (Å²) in [4.78, 5) is 9.17. The number of benzene rings is 1. The molecule has 1 unspecified atom stereocenters. The van der Waals surface area contributed by atoms with E-state index >= 15 is 0 Å². The van der Waals surface area contributed by atoms with E-state index in [1.54, 1.807) is 18.0 Å². The molecule has 1 aromatic carbocycles. The predicted octanol–water partition coefficient (Wildman–Crippen LogP) is 4.17. The zero-order valence-corrected chi connectivity index (χ0v) is 16.4. The molecule has 0 spiro atoms. The van der Waals surface area contributed by atoms with Gasteiger partial charge in [0.2, 0.25) is 0 Å². The third-order valence-corrected chi connectivity index (χ3v) is 5.92. The van der Waals surface area contributed by atoms with Crippen LogP contribution in [0.25, 0.3) is 21.9 Å². The van der Waals surface area contributed by atoms with Crippen LogP contribution in [0.1, 0.15) is 18.3 Å². The maximum Gasteiger partial charge on any atom is 0.132 e. The van der Waals surface area contributed by atoms with Crippen molar-refractivity contribution >= 4 is 45.3 Å². The topological polar surface area (TPSA) is 57.8 Å². The molecule has 0 N–H and O–H groups in total. The summed E-state index contributed by atoms with van der Waals surface area (Å²) in [5, 5.41) is 7.60. The Kier molecular flexibility index (Phi) is 4.30. The van der Waals surface area contributed by atoms with Crippen molar-refractivity contribution in [2.75, 3.05) is 19.5 Å². The molecule has 4 aromatic rings. The van der Waals surface area contributed by atoms with Crippen molar-refractivity contribution in [1.82, 2.24) is 24.3 Å². The predicted molar refractivity (Wildman–Crippen MR) is 108 cm³/mol. The monoisotopic (exact) mass is 399 g/mol. The summed E-state index contributed by atoms with van der Waals surface area (Å²) in [7, 11) is 0. The minimum atomic E-state index is 0.283. The number of nitrogens with zero attached hydrogens (tertiary/aromatic N) is 5. The average molecular weight is 400 g/mol. The first-order chi connectivity index (χ1) is 13.2. The third-order valence-electron chi connectivity index (χ3n) is 5.00. The first kappa shape index (κ1) is 17.0. The number of hydrogen-bond acceptors (Lipinski definition) is 5. The van der Waals surface area contributed by atoms with Gasteiger partial charge in [-0.1, -0.05) is 11.6 Å². The molecule has 8 heteroatoms. The summed E-state index contributed by atoms with van der Waals surface area (Å²) in [6, 6.07) is 8.18. The van der Waals surface area contributed by atoms with Crippen LogP contribution in [-0.2, 0) is 11.3 Å². The minimum absolute atomic E-state index is 0.283. The number of pyridine rings is 1. The van der Waals surface area contributed by atoms with Crippen molar-refractivity contribution in [3.63, 3.8) is 0 Å². The summed E-state index contributed by atoms with van der Waals surface area (Å²) in [6.07, 6.45) is 6.70. The van der Waals surface area contributed by atoms with E-state index in [-0.39, 0.29) is 6.04 Å². The Balaban J connectivity index is 1.66. The van der Waals surface area contributed by atoms with Crippen LogP contribution in [-0.4, -0.2) is 43.8 Å². The van der Waals surface area contributed by atoms with Crippen LogP contribution in [0.15, 0.2) is 41.7 Å². The van der Waals surface area contributed by atoms with E-state index in [9.17, 15) is 0 Å². The molecule has 5 rings (SSSR count). The first-order valence-corrected chi connectivity index (χ1v) is 10.4. The number of fused-ring (bicyclic) bond motifs is 2. The lowest BCUT2D eigenvalue weighted by molar-refractivity contribution is 0.186. The fourth-order valence-electron chi connectivity index (χ4n) is 3.76. The standard InChI is InChI=1S/C19H18ClN5OS/c1-27-19-14-4-6-21-9-17(14)24(23-19)10-18-22-15-8-12(20)2-3-16(15)25(18)13-5-7-26-11-13/h2-4,6,8-9,13H,5,7,10-11H2,1H3. The highest BCUT2D eigenvalue weighted by molar-refractivity contribution is 7.98. The van der Waals surface area contributed by atoms with Crippen molar-refractivity contribution in [3.05, 3.63) is 47.5 Å². The number of imidazole rings is 1. The Morgan fingerprint density at radius 2 is 2.22 bits per heavy atom. The van der Waals surface area contributed by atoms with Gasteiger partial charge in [0.1, 0.15) is 10.9 Å². The lowest BCUT2D eigenvalue weighted by atomic mass is 10.2. The lowest BCUT2D eigenvalue weighted by Gasteiger charge is -2.15. The maximum atomic E-state index is 6.20. The lowest BCUT2D eigenvalue weighted by Crippen LogP contribution is -2.15. The number of halogens is 1. The second kappa shape index (κ2) is 6.82. The summed E-state index contributed by atoms with van der Waals surface area (Å²) >= 11 is 7.84. The highest BCUT2D eigenvalue weighted by Crippen LogP contribution is 2.30. The number of rotatable bonds is 4. The fourth-order valence-corrected chi connectivity index (χ4v) is 4.50. The number of aromatic nitrogens is 5. The van der Waals surface area contributed by atoms with Crippen LogP contribution >= 0.6 is 23.4 Å². The average Bonchev–Trinajstić information content (AvgIpc) is 3.39. The Bertz CT molecular complexity index is 1130. The molecule has 0 aliphatic carbocycles. The zero-order chi connectivity index (χ0) is 18.4. The third kappa shape index (κ3) is 2.90. The minimum Gasteiger partial charge on any atom is -0.379 e. The van der Waals surface area contributed by atoms with E-state index in [4.69, 9.17) is 26.4 Å². The van der Waals surface area contributed by atoms with Gasteiger partial charge in [-0.15, -0.1) is 11.8 Å². The van der Waals surface area contributed by atoms with Crippen molar-refractivity contribution in [3.8, 4) is 0 Å². The molecule has 6 nitrogen and oxygen atoms in total. The van der Waals surface area contributed by atoms with Gasteiger partial charge in [0, 0.05) is 23.2 Å². The van der Waals surface area contributed by atoms with Gasteiger partial charge in [-0.2, -0.15) is 5.10 Å². The molecule has 1 fully saturated rings. The van der Waals surface area contributed by atoms with Crippen molar-refractivity contribution in [2.24, 2.45) is 0 Å². The van der Waals surface area contributed by atoms with Gasteiger partial charge < -0.3 is 9.30 Å². The first-order valence-electron chi connectivity index (χ1n) is 8.83. The van der Waals surface area contributed by atoms with Gasteiger partial charge >= 0.3 is 0 Å². The summed E-state index contributed by atoms with van der Waals surface area (Å²) in [6.45, 7) is 2.06. The van der Waals surface area contributed by atoms with Crippen molar-refractivity contribution in [1.29, 1.82) is 0 Å². The molecular weight excluding hydrogens is 382 g/mol. The second-order valence-corrected chi connectivity index (χ2v) is 7.84. The van der Waals surface area contributed by atoms with Crippen molar-refractivity contribution < 1.29 is 4.74 Å². The van der Waals surface area contributed by atoms with E-state index in [2.05, 4.69) is 9.55 Å². The molecule has 0 radical (unpaired) electrons. The largest absolute Gasteiger partial charge is 0.379 e. The summed E-state index contributed by atoms with van der Waals surface area (Å²) in [5.41, 5.74) is 3.01. The van der Waals surface area contributed by atoms with E-state index < -0.39 is 0 Å². The number of hydrogen-bond donors (Lipinski definition) is 0. The highest BCUT2D eigenvalue weighted by Gasteiger charge is 2.24. The molecule has 0 bridgehead atoms. The Morgan fingerprint density at radius 3 is 3.04 bits per heavy atom. The molecule has 0 saturated carbocycles. The smallest absolute Gasteiger partial charge is 0.132 e. The van der Waals surface area contributed by atoms with E-state index in [1.165, 1.54) is 0 Å². The van der Waals surface area contributed by atoms with Gasteiger partial charge in [0.15, 0.2) is 0 Å². The number of thioether (sulfide) groups is 1. The Labute approximate surface area is 165 Å². The van der Waals surface area contributed by atoms with Gasteiger partial charge in [-0.3, -0.25) is 9.67 Å². The van der Waals surface area contributed by atoms with Crippen LogP contribution in [0.2, 0.25) is 5.02 Å². The molecule has 1 atom stereocenters.